The molecule has 0 unspecified atom stereocenters. The molecule has 1 amide bonds. The molecule has 3 aromatic heterocycles. The Hall–Kier alpha value is -3.36. The maximum Gasteiger partial charge on any atom is 0.275 e. The zero-order chi connectivity index (χ0) is 21.3. The largest absolute Gasteiger partial charge is 0.495 e. The van der Waals surface area contributed by atoms with Crippen LogP contribution in [-0.4, -0.2) is 40.3 Å². The minimum Gasteiger partial charge on any atom is -0.495 e. The summed E-state index contributed by atoms with van der Waals surface area (Å²) in [4.78, 5) is 20.9. The van der Waals surface area contributed by atoms with Crippen LogP contribution < -0.4 is 14.8 Å². The highest BCUT2D eigenvalue weighted by Crippen LogP contribution is 2.45. The number of pyridine rings is 2. The molecule has 0 fully saturated rings. The Morgan fingerprint density at radius 2 is 1.80 bits per heavy atom. The van der Waals surface area contributed by atoms with Crippen molar-refractivity contribution in [3.8, 4) is 22.8 Å². The number of rotatable bonds is 5. The van der Waals surface area contributed by atoms with Gasteiger partial charge in [-0.05, 0) is 24.3 Å². The van der Waals surface area contributed by atoms with Gasteiger partial charge < -0.3 is 14.8 Å². The number of amides is 1. The van der Waals surface area contributed by atoms with Gasteiger partial charge in [0.25, 0.3) is 5.91 Å². The van der Waals surface area contributed by atoms with E-state index in [0.717, 1.165) is 0 Å². The molecule has 0 aliphatic carbocycles. The Labute approximate surface area is 181 Å². The van der Waals surface area contributed by atoms with Gasteiger partial charge >= 0.3 is 0 Å². The number of aromatic amines is 1. The zero-order valence-corrected chi connectivity index (χ0v) is 17.4. The fourth-order valence-corrected chi connectivity index (χ4v) is 3.61. The number of aromatic nitrogens is 4. The van der Waals surface area contributed by atoms with Crippen LogP contribution in [0.2, 0.25) is 10.0 Å². The minimum atomic E-state index is -0.378. The number of methoxy groups -OCH3 is 2. The molecular weight excluding hydrogens is 429 g/mol. The van der Waals surface area contributed by atoms with Gasteiger partial charge in [0.05, 0.1) is 35.3 Å². The van der Waals surface area contributed by atoms with E-state index in [1.165, 1.54) is 14.2 Å². The van der Waals surface area contributed by atoms with Crippen molar-refractivity contribution in [2.24, 2.45) is 0 Å². The lowest BCUT2D eigenvalue weighted by atomic mass is 10.1. The fraction of sp³-hybridized carbons (Fsp3) is 0.100. The summed E-state index contributed by atoms with van der Waals surface area (Å²) in [5.74, 6) is 0.766. The average Bonchev–Trinajstić information content (AvgIpc) is 3.16. The molecule has 0 atom stereocenters. The first-order valence-corrected chi connectivity index (χ1v) is 9.47. The highest BCUT2D eigenvalue weighted by Gasteiger charge is 2.21. The normalized spacial score (nSPS) is 10.8. The molecule has 0 radical (unpaired) electrons. The summed E-state index contributed by atoms with van der Waals surface area (Å²) in [7, 11) is 3.00. The van der Waals surface area contributed by atoms with Crippen LogP contribution in [0, 0.1) is 0 Å². The summed E-state index contributed by atoms with van der Waals surface area (Å²) >= 11 is 13.0. The average molecular weight is 444 g/mol. The molecule has 0 aliphatic heterocycles. The number of hydrogen-bond donors (Lipinski definition) is 2. The summed E-state index contributed by atoms with van der Waals surface area (Å²) in [5, 5.41) is 10.9. The Kier molecular flexibility index (Phi) is 5.43. The molecule has 0 saturated carbocycles. The van der Waals surface area contributed by atoms with Gasteiger partial charge in [0.15, 0.2) is 11.5 Å². The Morgan fingerprint density at radius 3 is 2.43 bits per heavy atom. The molecule has 1 aromatic carbocycles. The fourth-order valence-electron chi connectivity index (χ4n) is 2.92. The van der Waals surface area contributed by atoms with Crippen LogP contribution in [0.4, 0.5) is 5.82 Å². The number of H-pyrrole nitrogens is 1. The van der Waals surface area contributed by atoms with Crippen LogP contribution in [-0.2, 0) is 0 Å². The maximum absolute atomic E-state index is 12.4. The van der Waals surface area contributed by atoms with Crippen molar-refractivity contribution in [3.05, 3.63) is 58.3 Å². The first kappa shape index (κ1) is 19.9. The third-order valence-corrected chi connectivity index (χ3v) is 5.13. The van der Waals surface area contributed by atoms with Gasteiger partial charge in [-0.1, -0.05) is 29.3 Å². The predicted molar refractivity (Wildman–Crippen MR) is 115 cm³/mol. The predicted octanol–water partition coefficient (Wildman–Crippen LogP) is 4.60. The molecule has 30 heavy (non-hydrogen) atoms. The SMILES string of the molecule is COc1cc(OC)c(Cl)c(-c2ccc3c(NC(=O)c4ccccn4)n[nH]c3n2)c1Cl. The van der Waals surface area contributed by atoms with Gasteiger partial charge in [0.1, 0.15) is 17.2 Å². The molecule has 10 heteroatoms. The van der Waals surface area contributed by atoms with Gasteiger partial charge in [-0.15, -0.1) is 0 Å². The van der Waals surface area contributed by atoms with E-state index < -0.39 is 0 Å². The molecule has 3 heterocycles. The third-order valence-electron chi connectivity index (χ3n) is 4.38. The van der Waals surface area contributed by atoms with Gasteiger partial charge in [-0.25, -0.2) is 4.98 Å². The Bertz CT molecular complexity index is 1220. The van der Waals surface area contributed by atoms with E-state index in [-0.39, 0.29) is 11.6 Å². The number of nitrogens with one attached hydrogen (secondary N) is 2. The summed E-state index contributed by atoms with van der Waals surface area (Å²) in [6.07, 6.45) is 1.54. The molecule has 2 N–H and O–H groups in total. The quantitative estimate of drug-likeness (QED) is 0.467. The molecule has 152 valence electrons. The van der Waals surface area contributed by atoms with Crippen molar-refractivity contribution in [2.75, 3.05) is 19.5 Å². The lowest BCUT2D eigenvalue weighted by molar-refractivity contribution is 0.102. The molecule has 0 aliphatic rings. The lowest BCUT2D eigenvalue weighted by Crippen LogP contribution is -2.13. The number of anilines is 1. The van der Waals surface area contributed by atoms with Gasteiger partial charge in [-0.2, -0.15) is 5.10 Å². The number of fused-ring (bicyclic) bond motifs is 1. The third kappa shape index (κ3) is 3.51. The van der Waals surface area contributed by atoms with Gasteiger partial charge in [-0.3, -0.25) is 14.9 Å². The van der Waals surface area contributed by atoms with E-state index >= 15 is 0 Å². The van der Waals surface area contributed by atoms with E-state index in [9.17, 15) is 4.79 Å². The Morgan fingerprint density at radius 1 is 1.07 bits per heavy atom. The van der Waals surface area contributed by atoms with Crippen molar-refractivity contribution in [1.29, 1.82) is 0 Å². The maximum atomic E-state index is 12.4. The first-order valence-electron chi connectivity index (χ1n) is 8.71. The van der Waals surface area contributed by atoms with Crippen molar-refractivity contribution < 1.29 is 14.3 Å². The summed E-state index contributed by atoms with van der Waals surface area (Å²) < 4.78 is 10.6. The van der Waals surface area contributed by atoms with Crippen LogP contribution >= 0.6 is 23.2 Å². The van der Waals surface area contributed by atoms with Gasteiger partial charge in [0.2, 0.25) is 0 Å². The zero-order valence-electron chi connectivity index (χ0n) is 15.9. The molecule has 0 spiro atoms. The number of halogens is 2. The van der Waals surface area contributed by atoms with Crippen LogP contribution in [0.1, 0.15) is 10.5 Å². The van der Waals surface area contributed by atoms with Crippen molar-refractivity contribution in [3.63, 3.8) is 0 Å². The Balaban J connectivity index is 1.74. The first-order chi connectivity index (χ1) is 14.5. The van der Waals surface area contributed by atoms with E-state index in [1.54, 1.807) is 42.6 Å². The minimum absolute atomic E-state index is 0.278. The van der Waals surface area contributed by atoms with Crippen molar-refractivity contribution >= 4 is 46.0 Å². The number of nitrogens with zero attached hydrogens (tertiary/aromatic N) is 3. The number of benzene rings is 1. The topological polar surface area (TPSA) is 102 Å². The summed E-state index contributed by atoms with van der Waals surface area (Å²) in [6, 6.07) is 10.2. The number of hydrogen-bond acceptors (Lipinski definition) is 6. The number of carbonyl (C=O) groups excluding carboxylic acids is 1. The molecular formula is C20H15Cl2N5O3. The number of carbonyl (C=O) groups is 1. The van der Waals surface area contributed by atoms with E-state index in [0.29, 0.717) is 49.7 Å². The second kappa shape index (κ2) is 8.17. The van der Waals surface area contributed by atoms with Crippen molar-refractivity contribution in [2.45, 2.75) is 0 Å². The van der Waals surface area contributed by atoms with Gasteiger partial charge in [0, 0.05) is 17.8 Å². The molecule has 4 aromatic rings. The van der Waals surface area contributed by atoms with Crippen LogP contribution in [0.5, 0.6) is 11.5 Å². The monoisotopic (exact) mass is 443 g/mol. The highest BCUT2D eigenvalue weighted by atomic mass is 35.5. The highest BCUT2D eigenvalue weighted by molar-refractivity contribution is 6.41. The number of ether oxygens (including phenoxy) is 2. The smallest absolute Gasteiger partial charge is 0.275 e. The van der Waals surface area contributed by atoms with Crippen LogP contribution in [0.3, 0.4) is 0 Å². The molecule has 4 rings (SSSR count). The van der Waals surface area contributed by atoms with E-state index in [4.69, 9.17) is 32.7 Å². The van der Waals surface area contributed by atoms with E-state index in [1.807, 2.05) is 0 Å². The van der Waals surface area contributed by atoms with Crippen LogP contribution in [0.15, 0.2) is 42.6 Å². The molecule has 0 bridgehead atoms. The standard InChI is InChI=1S/C20H15Cl2N5O3/c1-29-13-9-14(30-2)17(22)15(16(13)21)11-7-6-10-18(24-11)26-27-19(10)25-20(28)12-5-3-4-8-23-12/h3-9H,1-2H3,(H2,24,25,26,27,28). The second-order valence-corrected chi connectivity index (χ2v) is 6.87. The second-order valence-electron chi connectivity index (χ2n) is 6.12. The summed E-state index contributed by atoms with van der Waals surface area (Å²) in [6.45, 7) is 0. The summed E-state index contributed by atoms with van der Waals surface area (Å²) in [5.41, 5.74) is 1.67. The van der Waals surface area contributed by atoms with Crippen molar-refractivity contribution in [1.82, 2.24) is 20.2 Å². The molecule has 8 nitrogen and oxygen atoms in total. The molecule has 0 saturated heterocycles. The lowest BCUT2D eigenvalue weighted by Gasteiger charge is -2.14. The van der Waals surface area contributed by atoms with Crippen LogP contribution in [0.25, 0.3) is 22.3 Å². The van der Waals surface area contributed by atoms with E-state index in [2.05, 4.69) is 25.5 Å².